The van der Waals surface area contributed by atoms with Gasteiger partial charge in [-0.2, -0.15) is 0 Å². The summed E-state index contributed by atoms with van der Waals surface area (Å²) in [4.78, 5) is 15.1. The fraction of sp³-hybridized carbons (Fsp3) is 0.400. The highest BCUT2D eigenvalue weighted by Gasteiger charge is 2.47. The molecule has 0 radical (unpaired) electrons. The first-order chi connectivity index (χ1) is 14.6. The zero-order valence-corrected chi connectivity index (χ0v) is 16.8. The molecule has 5 rings (SSSR count). The van der Waals surface area contributed by atoms with Crippen molar-refractivity contribution in [2.24, 2.45) is 11.8 Å². The molecular weight excluding hydrogens is 379 g/mol. The molecule has 0 spiro atoms. The van der Waals surface area contributed by atoms with Crippen molar-refractivity contribution in [2.45, 2.75) is 37.8 Å². The molecule has 2 fully saturated rings. The van der Waals surface area contributed by atoms with E-state index in [0.717, 1.165) is 54.6 Å². The molecule has 1 saturated carbocycles. The third kappa shape index (κ3) is 3.36. The quantitative estimate of drug-likeness (QED) is 0.751. The number of benzene rings is 2. The summed E-state index contributed by atoms with van der Waals surface area (Å²) in [6.07, 6.45) is 4.01. The molecule has 2 aromatic carbocycles. The van der Waals surface area contributed by atoms with Gasteiger partial charge in [-0.05, 0) is 67.3 Å². The zero-order chi connectivity index (χ0) is 20.7. The van der Waals surface area contributed by atoms with E-state index in [4.69, 9.17) is 0 Å². The van der Waals surface area contributed by atoms with Gasteiger partial charge in [0.2, 0.25) is 5.91 Å². The maximum Gasteiger partial charge on any atom is 0.226 e. The maximum atomic E-state index is 13.1. The molecule has 1 saturated heterocycles. The lowest BCUT2D eigenvalue weighted by Crippen LogP contribution is -2.45. The van der Waals surface area contributed by atoms with Crippen molar-refractivity contribution in [3.63, 3.8) is 0 Å². The predicted molar refractivity (Wildman–Crippen MR) is 113 cm³/mol. The van der Waals surface area contributed by atoms with Crippen molar-refractivity contribution in [1.82, 2.24) is 4.90 Å². The summed E-state index contributed by atoms with van der Waals surface area (Å²) in [5.41, 5.74) is 3.67. The van der Waals surface area contributed by atoms with Crippen LogP contribution in [0.4, 0.5) is 10.1 Å². The van der Waals surface area contributed by atoms with E-state index < -0.39 is 0 Å². The van der Waals surface area contributed by atoms with Crippen LogP contribution in [0.25, 0.3) is 0 Å². The summed E-state index contributed by atoms with van der Waals surface area (Å²) in [5.74, 6) is 6.61. The lowest BCUT2D eigenvalue weighted by molar-refractivity contribution is -0.139. The van der Waals surface area contributed by atoms with Gasteiger partial charge >= 0.3 is 0 Å². The average Bonchev–Trinajstić information content (AvgIpc) is 3.17. The van der Waals surface area contributed by atoms with Gasteiger partial charge in [0.25, 0.3) is 0 Å². The van der Waals surface area contributed by atoms with Crippen molar-refractivity contribution >= 4 is 11.6 Å². The second-order valence-corrected chi connectivity index (χ2v) is 8.55. The third-order valence-corrected chi connectivity index (χ3v) is 6.80. The van der Waals surface area contributed by atoms with E-state index >= 15 is 0 Å². The van der Waals surface area contributed by atoms with Gasteiger partial charge in [-0.1, -0.05) is 18.3 Å². The smallest absolute Gasteiger partial charge is 0.226 e. The molecule has 154 valence electrons. The molecule has 1 aliphatic carbocycles. The van der Waals surface area contributed by atoms with Gasteiger partial charge in [0.1, 0.15) is 5.82 Å². The standard InChI is InChI=1S/C25H25FN2O2/c26-19-9-6-16(7-10-19)4-5-17-8-11-22-21(14-17)24-20(23(15-29)27-22)12-13-28(24)25(30)18-2-1-3-18/h6-11,14,18,20,23-24,27,29H,1-3,12-13,15H2/t20-,23+,24-/m1/s1. The molecule has 5 heteroatoms. The second-order valence-electron chi connectivity index (χ2n) is 8.55. The summed E-state index contributed by atoms with van der Waals surface area (Å²) < 4.78 is 13.1. The van der Waals surface area contributed by atoms with Crippen LogP contribution in [0, 0.1) is 29.5 Å². The SMILES string of the molecule is O=C(C1CCC1)N1CC[C@@H]2[C@H](CO)Nc3ccc(C#Cc4ccc(F)cc4)cc3[C@@H]21. The molecule has 4 nitrogen and oxygen atoms in total. The molecule has 3 aliphatic rings. The number of nitrogens with one attached hydrogen (secondary N) is 1. The Hall–Kier alpha value is -2.84. The molecule has 2 heterocycles. The number of amides is 1. The topological polar surface area (TPSA) is 52.6 Å². The highest BCUT2D eigenvalue weighted by molar-refractivity contribution is 5.81. The zero-order valence-electron chi connectivity index (χ0n) is 16.8. The van der Waals surface area contributed by atoms with Gasteiger partial charge in [0.05, 0.1) is 18.7 Å². The van der Waals surface area contributed by atoms with Crippen LogP contribution in [0.5, 0.6) is 0 Å². The number of nitrogens with zero attached hydrogens (tertiary/aromatic N) is 1. The summed E-state index contributed by atoms with van der Waals surface area (Å²) in [7, 11) is 0. The monoisotopic (exact) mass is 404 g/mol. The van der Waals surface area contributed by atoms with Crippen LogP contribution in [0.1, 0.15) is 48.4 Å². The lowest BCUT2D eigenvalue weighted by atomic mass is 9.81. The Morgan fingerprint density at radius 1 is 1.10 bits per heavy atom. The average molecular weight is 404 g/mol. The van der Waals surface area contributed by atoms with Crippen molar-refractivity contribution in [1.29, 1.82) is 0 Å². The van der Waals surface area contributed by atoms with Crippen molar-refractivity contribution < 1.29 is 14.3 Å². The van der Waals surface area contributed by atoms with E-state index in [1.54, 1.807) is 12.1 Å². The van der Waals surface area contributed by atoms with Gasteiger partial charge in [0, 0.05) is 35.2 Å². The first-order valence-electron chi connectivity index (χ1n) is 10.7. The molecule has 0 aromatic heterocycles. The third-order valence-electron chi connectivity index (χ3n) is 6.80. The number of aliphatic hydroxyl groups excluding tert-OH is 1. The predicted octanol–water partition coefficient (Wildman–Crippen LogP) is 3.70. The van der Waals surface area contributed by atoms with Crippen molar-refractivity contribution in [3.05, 3.63) is 65.0 Å². The van der Waals surface area contributed by atoms with Crippen LogP contribution in [0.2, 0.25) is 0 Å². The van der Waals surface area contributed by atoms with Crippen LogP contribution in [0.3, 0.4) is 0 Å². The van der Waals surface area contributed by atoms with Gasteiger partial charge in [0.15, 0.2) is 0 Å². The fourth-order valence-corrected chi connectivity index (χ4v) is 4.95. The number of halogens is 1. The molecule has 2 aliphatic heterocycles. The number of carbonyl (C=O) groups is 1. The maximum absolute atomic E-state index is 13.1. The summed E-state index contributed by atoms with van der Waals surface area (Å²) in [6.45, 7) is 0.798. The van der Waals surface area contributed by atoms with Crippen LogP contribution in [-0.2, 0) is 4.79 Å². The molecular formula is C25H25FN2O2. The Morgan fingerprint density at radius 2 is 1.83 bits per heavy atom. The molecule has 2 N–H and O–H groups in total. The molecule has 3 atom stereocenters. The Morgan fingerprint density at radius 3 is 2.53 bits per heavy atom. The Labute approximate surface area is 176 Å². The normalized spacial score (nSPS) is 24.7. The number of carbonyl (C=O) groups excluding carboxylic acids is 1. The Kier molecular flexibility index (Phi) is 4.96. The number of fused-ring (bicyclic) bond motifs is 3. The number of anilines is 1. The first kappa shape index (κ1) is 19.1. The number of rotatable bonds is 2. The van der Waals surface area contributed by atoms with Crippen LogP contribution in [-0.4, -0.2) is 35.1 Å². The summed E-state index contributed by atoms with van der Waals surface area (Å²) in [5, 5.41) is 13.4. The van der Waals surface area contributed by atoms with Crippen molar-refractivity contribution in [3.8, 4) is 11.8 Å². The number of hydrogen-bond donors (Lipinski definition) is 2. The molecule has 2 aromatic rings. The summed E-state index contributed by atoms with van der Waals surface area (Å²) in [6, 6.07) is 12.1. The lowest BCUT2D eigenvalue weighted by Gasteiger charge is -2.41. The largest absolute Gasteiger partial charge is 0.394 e. The Bertz CT molecular complexity index is 1020. The summed E-state index contributed by atoms with van der Waals surface area (Å²) >= 11 is 0. The Balaban J connectivity index is 1.48. The van der Waals surface area contributed by atoms with Gasteiger partial charge < -0.3 is 15.3 Å². The van der Waals surface area contributed by atoms with Crippen LogP contribution < -0.4 is 5.32 Å². The number of hydrogen-bond acceptors (Lipinski definition) is 3. The molecule has 0 bridgehead atoms. The van der Waals surface area contributed by atoms with Gasteiger partial charge in [-0.25, -0.2) is 4.39 Å². The minimum Gasteiger partial charge on any atom is -0.394 e. The van der Waals surface area contributed by atoms with E-state index in [1.165, 1.54) is 12.1 Å². The van der Waals surface area contributed by atoms with E-state index in [9.17, 15) is 14.3 Å². The van der Waals surface area contributed by atoms with E-state index in [1.807, 2.05) is 17.0 Å². The highest BCUT2D eigenvalue weighted by Crippen LogP contribution is 2.48. The minimum atomic E-state index is -0.276. The highest BCUT2D eigenvalue weighted by atomic mass is 19.1. The molecule has 1 amide bonds. The fourth-order valence-electron chi connectivity index (χ4n) is 4.95. The van der Waals surface area contributed by atoms with Crippen LogP contribution >= 0.6 is 0 Å². The van der Waals surface area contributed by atoms with Crippen molar-refractivity contribution in [2.75, 3.05) is 18.5 Å². The van der Waals surface area contributed by atoms with E-state index in [-0.39, 0.29) is 42.3 Å². The number of aliphatic hydroxyl groups is 1. The van der Waals surface area contributed by atoms with E-state index in [2.05, 4.69) is 23.2 Å². The van der Waals surface area contributed by atoms with Gasteiger partial charge in [-0.3, -0.25) is 4.79 Å². The molecule has 30 heavy (non-hydrogen) atoms. The molecule has 0 unspecified atom stereocenters. The van der Waals surface area contributed by atoms with Crippen LogP contribution in [0.15, 0.2) is 42.5 Å². The minimum absolute atomic E-state index is 0.0147. The second kappa shape index (κ2) is 7.77. The van der Waals surface area contributed by atoms with Gasteiger partial charge in [-0.15, -0.1) is 0 Å². The number of likely N-dealkylation sites (tertiary alicyclic amines) is 1. The first-order valence-corrected chi connectivity index (χ1v) is 10.7. The van der Waals surface area contributed by atoms with E-state index in [0.29, 0.717) is 0 Å².